The van der Waals surface area contributed by atoms with Gasteiger partial charge in [0.05, 0.1) is 18.0 Å². The molecule has 0 saturated heterocycles. The summed E-state index contributed by atoms with van der Waals surface area (Å²) in [7, 11) is 2.13. The maximum atomic E-state index is 15.4. The van der Waals surface area contributed by atoms with E-state index in [-0.39, 0.29) is 16.7 Å². The fraction of sp³-hybridized carbons (Fsp3) is 0.618. The van der Waals surface area contributed by atoms with E-state index in [2.05, 4.69) is 60.5 Å². The van der Waals surface area contributed by atoms with Crippen LogP contribution in [-0.4, -0.2) is 40.1 Å². The number of alkyl halides is 1. The van der Waals surface area contributed by atoms with Crippen LogP contribution in [0.5, 0.6) is 0 Å². The highest BCUT2D eigenvalue weighted by molar-refractivity contribution is 6.13. The zero-order valence-corrected chi connectivity index (χ0v) is 24.6. The van der Waals surface area contributed by atoms with Crippen LogP contribution in [-0.2, 0) is 18.9 Å². The topological polar surface area (TPSA) is 45.8 Å². The van der Waals surface area contributed by atoms with Crippen molar-refractivity contribution in [3.8, 4) is 0 Å². The first-order chi connectivity index (χ1) is 19.3. The van der Waals surface area contributed by atoms with Crippen molar-refractivity contribution in [2.24, 2.45) is 34.3 Å². The molecular weight excluding hydrogens is 497 g/mol. The molecule has 212 valence electrons. The Morgan fingerprint density at radius 2 is 1.95 bits per heavy atom. The summed E-state index contributed by atoms with van der Waals surface area (Å²) < 4.78 is 17.6. The van der Waals surface area contributed by atoms with Gasteiger partial charge in [-0.1, -0.05) is 39.0 Å². The molecule has 4 saturated carbocycles. The number of hydrogen-bond acceptors (Lipinski definition) is 4. The first-order valence-corrected chi connectivity index (χ1v) is 15.7. The number of aromatic nitrogens is 2. The average Bonchev–Trinajstić information content (AvgIpc) is 3.68. The number of hydrogen-bond donors (Lipinski definition) is 0. The molecule has 0 radical (unpaired) electrons. The van der Waals surface area contributed by atoms with E-state index in [4.69, 9.17) is 15.1 Å². The van der Waals surface area contributed by atoms with E-state index < -0.39 is 5.67 Å². The number of halogens is 1. The van der Waals surface area contributed by atoms with Crippen LogP contribution in [0.3, 0.4) is 0 Å². The molecule has 0 spiro atoms. The Hall–Kier alpha value is -2.76. The maximum Gasteiger partial charge on any atom is 0.127 e. The average molecular weight is 542 g/mol. The molecule has 4 aliphatic carbocycles. The number of fused-ring (bicyclic) bond motifs is 2. The summed E-state index contributed by atoms with van der Waals surface area (Å²) >= 11 is 0. The van der Waals surface area contributed by atoms with E-state index in [1.165, 1.54) is 56.3 Å². The van der Waals surface area contributed by atoms with Crippen molar-refractivity contribution in [3.63, 3.8) is 0 Å². The second-order valence-electron chi connectivity index (χ2n) is 13.6. The summed E-state index contributed by atoms with van der Waals surface area (Å²) in [5.41, 5.74) is 6.24. The van der Waals surface area contributed by atoms with E-state index in [0.29, 0.717) is 25.3 Å². The van der Waals surface area contributed by atoms with Crippen LogP contribution in [0.15, 0.2) is 52.6 Å². The molecule has 0 N–H and O–H groups in total. The first kappa shape index (κ1) is 26.2. The zero-order chi connectivity index (χ0) is 27.7. The fourth-order valence-corrected chi connectivity index (χ4v) is 8.20. The Kier molecular flexibility index (Phi) is 6.14. The predicted octanol–water partition coefficient (Wildman–Crippen LogP) is 7.34. The van der Waals surface area contributed by atoms with Crippen molar-refractivity contribution < 1.29 is 4.39 Å². The summed E-state index contributed by atoms with van der Waals surface area (Å²) in [5, 5.41) is 4.87. The Labute approximate surface area is 238 Å². The van der Waals surface area contributed by atoms with E-state index >= 15 is 4.39 Å². The Balaban J connectivity index is 1.17. The second kappa shape index (κ2) is 9.39. The molecule has 2 bridgehead atoms. The summed E-state index contributed by atoms with van der Waals surface area (Å²) in [6, 6.07) is 11.1. The van der Waals surface area contributed by atoms with Crippen LogP contribution in [0, 0.1) is 17.3 Å². The van der Waals surface area contributed by atoms with Gasteiger partial charge in [0, 0.05) is 47.9 Å². The van der Waals surface area contributed by atoms with Crippen LogP contribution in [0.2, 0.25) is 0 Å². The molecule has 1 aromatic heterocycles. The monoisotopic (exact) mass is 541 g/mol. The molecule has 5 aliphatic rings. The third kappa shape index (κ3) is 4.37. The van der Waals surface area contributed by atoms with Gasteiger partial charge in [0.25, 0.3) is 0 Å². The molecule has 2 heterocycles. The quantitative estimate of drug-likeness (QED) is 0.299. The molecular formula is C34H44FN5. The lowest BCUT2D eigenvalue weighted by Gasteiger charge is -2.37. The van der Waals surface area contributed by atoms with Gasteiger partial charge in [-0.15, -0.1) is 0 Å². The highest BCUT2D eigenvalue weighted by Crippen LogP contribution is 2.63. The van der Waals surface area contributed by atoms with Crippen LogP contribution in [0.25, 0.3) is 0 Å². The first-order valence-electron chi connectivity index (χ1n) is 15.7. The van der Waals surface area contributed by atoms with Crippen LogP contribution >= 0.6 is 0 Å². The van der Waals surface area contributed by atoms with Gasteiger partial charge >= 0.3 is 0 Å². The Bertz CT molecular complexity index is 1390. The lowest BCUT2D eigenvalue weighted by Crippen LogP contribution is -2.36. The number of aliphatic imine (C=N–C) groups is 2. The maximum absolute atomic E-state index is 15.4. The van der Waals surface area contributed by atoms with Gasteiger partial charge < -0.3 is 4.90 Å². The lowest BCUT2D eigenvalue weighted by atomic mass is 9.79. The highest BCUT2D eigenvalue weighted by atomic mass is 19.1. The van der Waals surface area contributed by atoms with Gasteiger partial charge in [0.1, 0.15) is 11.5 Å². The summed E-state index contributed by atoms with van der Waals surface area (Å²) in [6.45, 7) is 10.3. The number of amidine groups is 1. The number of rotatable bonds is 11. The van der Waals surface area contributed by atoms with Gasteiger partial charge in [-0.25, -0.2) is 9.38 Å². The SMILES string of the molecule is C=C(C1CC1(F)CC)N(CC12CCC(c3cc(CCC)nn3C)(CC1)C2)c1cccc(C2=NC(C3CC3)=NC2)c1. The molecule has 2 aromatic rings. The third-order valence-electron chi connectivity index (χ3n) is 10.9. The lowest BCUT2D eigenvalue weighted by molar-refractivity contribution is 0.274. The van der Waals surface area contributed by atoms with E-state index in [1.807, 2.05) is 6.92 Å². The van der Waals surface area contributed by atoms with Crippen molar-refractivity contribution in [2.45, 2.75) is 95.6 Å². The molecule has 2 atom stereocenters. The molecule has 7 rings (SSSR count). The molecule has 6 heteroatoms. The minimum atomic E-state index is -1.10. The molecule has 40 heavy (non-hydrogen) atoms. The largest absolute Gasteiger partial charge is 0.345 e. The van der Waals surface area contributed by atoms with E-state index in [0.717, 1.165) is 47.9 Å². The van der Waals surface area contributed by atoms with Gasteiger partial charge in [-0.3, -0.25) is 9.67 Å². The van der Waals surface area contributed by atoms with Crippen molar-refractivity contribution in [3.05, 3.63) is 59.6 Å². The van der Waals surface area contributed by atoms with Crippen molar-refractivity contribution in [1.82, 2.24) is 9.78 Å². The fourth-order valence-electron chi connectivity index (χ4n) is 8.20. The number of allylic oxidation sites excluding steroid dienone is 1. The van der Waals surface area contributed by atoms with Crippen molar-refractivity contribution in [1.29, 1.82) is 0 Å². The van der Waals surface area contributed by atoms with Crippen LogP contribution in [0.4, 0.5) is 10.1 Å². The summed E-state index contributed by atoms with van der Waals surface area (Å²) in [4.78, 5) is 12.0. The summed E-state index contributed by atoms with van der Waals surface area (Å²) in [6.07, 6.45) is 11.8. The van der Waals surface area contributed by atoms with Crippen LogP contribution < -0.4 is 4.90 Å². The zero-order valence-electron chi connectivity index (χ0n) is 24.6. The molecule has 2 unspecified atom stereocenters. The minimum absolute atomic E-state index is 0.0904. The Morgan fingerprint density at radius 3 is 2.65 bits per heavy atom. The molecule has 4 fully saturated rings. The van der Waals surface area contributed by atoms with E-state index in [9.17, 15) is 0 Å². The number of benzene rings is 1. The van der Waals surface area contributed by atoms with Gasteiger partial charge in [-0.05, 0) is 93.4 Å². The molecule has 0 amide bonds. The predicted molar refractivity (Wildman–Crippen MR) is 161 cm³/mol. The highest BCUT2D eigenvalue weighted by Gasteiger charge is 2.59. The normalized spacial score (nSPS) is 32.4. The van der Waals surface area contributed by atoms with Crippen molar-refractivity contribution in [2.75, 3.05) is 18.0 Å². The van der Waals surface area contributed by atoms with Gasteiger partial charge in [-0.2, -0.15) is 5.10 Å². The molecule has 1 aliphatic heterocycles. The molecule has 5 nitrogen and oxygen atoms in total. The smallest absolute Gasteiger partial charge is 0.127 e. The molecule has 1 aromatic carbocycles. The van der Waals surface area contributed by atoms with Crippen molar-refractivity contribution >= 4 is 17.2 Å². The van der Waals surface area contributed by atoms with E-state index in [1.54, 1.807) is 0 Å². The summed E-state index contributed by atoms with van der Waals surface area (Å²) in [5.74, 6) is 1.52. The van der Waals surface area contributed by atoms with Gasteiger partial charge in [0.2, 0.25) is 0 Å². The second-order valence-corrected chi connectivity index (χ2v) is 13.6. The number of aryl methyl sites for hydroxylation is 2. The third-order valence-corrected chi connectivity index (χ3v) is 10.9. The minimum Gasteiger partial charge on any atom is -0.345 e. The Morgan fingerprint density at radius 1 is 1.15 bits per heavy atom. The number of nitrogens with zero attached hydrogens (tertiary/aromatic N) is 5. The standard InChI is InChI=1S/C34H44FN5/c1-5-8-26-18-30(39(4)38-26)33-15-13-32(21-33,14-16-33)22-40(23(3)28-19-34(28,35)6-2)27-10-7-9-25(17-27)29-20-36-31(37-29)24-11-12-24/h7,9-10,17-18,24,28H,3,5-6,8,11-16,19-22H2,1-2,4H3. The van der Waals surface area contributed by atoms with Gasteiger partial charge in [0.15, 0.2) is 0 Å². The number of anilines is 1. The van der Waals surface area contributed by atoms with Crippen LogP contribution in [0.1, 0.15) is 95.0 Å².